The van der Waals surface area contributed by atoms with E-state index in [4.69, 9.17) is 27.9 Å². The van der Waals surface area contributed by atoms with E-state index < -0.39 is 0 Å². The van der Waals surface area contributed by atoms with Gasteiger partial charge in [-0.3, -0.25) is 4.79 Å². The lowest BCUT2D eigenvalue weighted by Gasteiger charge is -2.06. The molecule has 2 aromatic carbocycles. The van der Waals surface area contributed by atoms with E-state index >= 15 is 0 Å². The molecule has 8 nitrogen and oxygen atoms in total. The average molecular weight is 529 g/mol. The maximum absolute atomic E-state index is 12.0. The molecular formula is C22H14Cl2N6O2S2. The van der Waals surface area contributed by atoms with Crippen LogP contribution >= 0.6 is 46.3 Å². The third-order valence-electron chi connectivity index (χ3n) is 5.07. The number of fused-ring (bicyclic) bond motifs is 2. The van der Waals surface area contributed by atoms with Crippen LogP contribution in [0.5, 0.6) is 11.6 Å². The number of carbonyl (C=O) groups is 1. The largest absolute Gasteiger partial charge is 0.438 e. The Kier molecular flexibility index (Phi) is 5.53. The van der Waals surface area contributed by atoms with Gasteiger partial charge in [0.25, 0.3) is 0 Å². The molecule has 170 valence electrons. The number of halogens is 2. The number of thiazole rings is 1. The Hall–Kier alpha value is -2.92. The van der Waals surface area contributed by atoms with E-state index in [2.05, 4.69) is 25.6 Å². The second-order valence-corrected chi connectivity index (χ2v) is 10.5. The number of amides is 1. The number of aromatic nitrogens is 5. The fourth-order valence-electron chi connectivity index (χ4n) is 3.21. The quantitative estimate of drug-likeness (QED) is 0.275. The first-order valence-electron chi connectivity index (χ1n) is 10.3. The lowest BCUT2D eigenvalue weighted by molar-refractivity contribution is -0.117. The molecule has 0 saturated heterocycles. The Labute approximate surface area is 211 Å². The van der Waals surface area contributed by atoms with Gasteiger partial charge in [-0.1, -0.05) is 34.5 Å². The van der Waals surface area contributed by atoms with E-state index in [-0.39, 0.29) is 11.8 Å². The smallest absolute Gasteiger partial charge is 0.237 e. The molecule has 1 N–H and O–H groups in total. The zero-order valence-corrected chi connectivity index (χ0v) is 20.4. The molecule has 1 saturated carbocycles. The fourth-order valence-corrected chi connectivity index (χ4v) is 5.31. The second-order valence-electron chi connectivity index (χ2n) is 7.62. The average Bonchev–Trinajstić information content (AvgIpc) is 3.50. The lowest BCUT2D eigenvalue weighted by Crippen LogP contribution is -2.12. The van der Waals surface area contributed by atoms with Crippen LogP contribution in [-0.4, -0.2) is 30.7 Å². The topological polar surface area (TPSA) is 94.3 Å². The first kappa shape index (κ1) is 21.6. The minimum atomic E-state index is 0.0496. The van der Waals surface area contributed by atoms with E-state index in [0.717, 1.165) is 28.0 Å². The number of carbonyl (C=O) groups excluding carboxylic acids is 1. The van der Waals surface area contributed by atoms with Crippen LogP contribution in [0.1, 0.15) is 12.8 Å². The van der Waals surface area contributed by atoms with Crippen molar-refractivity contribution in [1.82, 2.24) is 24.8 Å². The molecule has 12 heteroatoms. The summed E-state index contributed by atoms with van der Waals surface area (Å²) in [4.78, 5) is 17.5. The number of benzene rings is 2. The highest BCUT2D eigenvalue weighted by molar-refractivity contribution is 7.99. The van der Waals surface area contributed by atoms with E-state index in [1.54, 1.807) is 34.8 Å². The predicted octanol–water partition coefficient (Wildman–Crippen LogP) is 6.33. The van der Waals surface area contributed by atoms with E-state index in [9.17, 15) is 4.79 Å². The first-order valence-corrected chi connectivity index (χ1v) is 12.7. The highest BCUT2D eigenvalue weighted by atomic mass is 35.5. The van der Waals surface area contributed by atoms with Crippen molar-refractivity contribution in [3.05, 3.63) is 58.6 Å². The number of anilines is 1. The van der Waals surface area contributed by atoms with Crippen LogP contribution in [0.25, 0.3) is 15.9 Å². The van der Waals surface area contributed by atoms with Crippen LogP contribution in [0.2, 0.25) is 10.0 Å². The Morgan fingerprint density at radius 3 is 2.79 bits per heavy atom. The van der Waals surface area contributed by atoms with Crippen LogP contribution in [0.15, 0.2) is 58.6 Å². The maximum atomic E-state index is 12.0. The minimum Gasteiger partial charge on any atom is -0.438 e. The molecule has 3 aromatic heterocycles. The summed E-state index contributed by atoms with van der Waals surface area (Å²) in [5.41, 5.74) is 1.43. The molecule has 34 heavy (non-hydrogen) atoms. The first-order chi connectivity index (χ1) is 16.5. The molecular weight excluding hydrogens is 515 g/mol. The molecule has 1 fully saturated rings. The summed E-state index contributed by atoms with van der Waals surface area (Å²) < 4.78 is 8.42. The van der Waals surface area contributed by atoms with Crippen molar-refractivity contribution in [1.29, 1.82) is 0 Å². The molecule has 0 radical (unpaired) electrons. The normalized spacial score (nSPS) is 13.5. The molecule has 6 rings (SSSR count). The fraction of sp³-hybridized carbons (Fsp3) is 0.136. The zero-order chi connectivity index (χ0) is 23.2. The predicted molar refractivity (Wildman–Crippen MR) is 132 cm³/mol. The summed E-state index contributed by atoms with van der Waals surface area (Å²) in [6, 6.07) is 14.4. The highest BCUT2D eigenvalue weighted by Gasteiger charge is 2.30. The van der Waals surface area contributed by atoms with Crippen molar-refractivity contribution in [3.8, 4) is 11.6 Å². The highest BCUT2D eigenvalue weighted by Crippen LogP contribution is 2.35. The van der Waals surface area contributed by atoms with E-state index in [0.29, 0.717) is 37.6 Å². The van der Waals surface area contributed by atoms with Gasteiger partial charge in [-0.15, -0.1) is 15.3 Å². The van der Waals surface area contributed by atoms with Gasteiger partial charge in [0.2, 0.25) is 16.9 Å². The van der Waals surface area contributed by atoms with Gasteiger partial charge in [-0.25, -0.2) is 4.98 Å². The Morgan fingerprint density at radius 2 is 1.97 bits per heavy atom. The SMILES string of the molecule is O=C(Nc1nc2ccc(Sc3nnc4ccc(Oc5ccc(Cl)c(Cl)c5)nn34)cc2s1)C1CC1. The van der Waals surface area contributed by atoms with Gasteiger partial charge in [0.05, 0.1) is 20.3 Å². The summed E-state index contributed by atoms with van der Waals surface area (Å²) in [6.45, 7) is 0. The van der Waals surface area contributed by atoms with Crippen molar-refractivity contribution in [2.75, 3.05) is 5.32 Å². The number of nitrogens with zero attached hydrogens (tertiary/aromatic N) is 5. The van der Waals surface area contributed by atoms with Crippen molar-refractivity contribution in [3.63, 3.8) is 0 Å². The van der Waals surface area contributed by atoms with Gasteiger partial charge in [0, 0.05) is 22.9 Å². The Bertz CT molecular complexity index is 1570. The van der Waals surface area contributed by atoms with Gasteiger partial charge >= 0.3 is 0 Å². The monoisotopic (exact) mass is 528 g/mol. The zero-order valence-electron chi connectivity index (χ0n) is 17.2. The van der Waals surface area contributed by atoms with Crippen LogP contribution < -0.4 is 10.1 Å². The third-order valence-corrected chi connectivity index (χ3v) is 7.67. The van der Waals surface area contributed by atoms with Crippen LogP contribution in [0.4, 0.5) is 5.13 Å². The van der Waals surface area contributed by atoms with Gasteiger partial charge in [-0.2, -0.15) is 4.52 Å². The second kappa shape index (κ2) is 8.70. The summed E-state index contributed by atoms with van der Waals surface area (Å²) in [5, 5.41) is 17.9. The van der Waals surface area contributed by atoms with Crippen molar-refractivity contribution in [2.24, 2.45) is 5.92 Å². The summed E-state index contributed by atoms with van der Waals surface area (Å²) in [7, 11) is 0. The minimum absolute atomic E-state index is 0.0496. The molecule has 1 aliphatic rings. The third kappa shape index (κ3) is 4.41. The molecule has 0 aliphatic heterocycles. The van der Waals surface area contributed by atoms with Gasteiger partial charge in [-0.05, 0) is 61.0 Å². The molecule has 0 spiro atoms. The molecule has 0 unspecified atom stereocenters. The number of nitrogens with one attached hydrogen (secondary N) is 1. The standard InChI is InChI=1S/C22H14Cl2N6O2S2/c23-14-5-3-12(9-15(14)24)32-19-8-7-18-27-28-22(30(18)29-19)33-13-4-6-16-17(10-13)34-21(25-16)26-20(31)11-1-2-11/h3-11H,1-2H2,(H,25,26,31). The molecule has 1 amide bonds. The van der Waals surface area contributed by atoms with Crippen molar-refractivity contribution >= 4 is 73.2 Å². The number of hydrogen-bond donors (Lipinski definition) is 1. The van der Waals surface area contributed by atoms with E-state index in [1.807, 2.05) is 18.2 Å². The Balaban J connectivity index is 1.24. The van der Waals surface area contributed by atoms with Crippen molar-refractivity contribution in [2.45, 2.75) is 22.9 Å². The van der Waals surface area contributed by atoms with Crippen LogP contribution in [0, 0.1) is 5.92 Å². The summed E-state index contributed by atoms with van der Waals surface area (Å²) in [5.74, 6) is 1.07. The summed E-state index contributed by atoms with van der Waals surface area (Å²) in [6.07, 6.45) is 1.91. The lowest BCUT2D eigenvalue weighted by atomic mass is 10.3. The molecule has 0 atom stereocenters. The van der Waals surface area contributed by atoms with Gasteiger partial charge in [0.1, 0.15) is 5.75 Å². The summed E-state index contributed by atoms with van der Waals surface area (Å²) >= 11 is 14.9. The van der Waals surface area contributed by atoms with Crippen LogP contribution in [0.3, 0.4) is 0 Å². The van der Waals surface area contributed by atoms with E-state index in [1.165, 1.54) is 23.1 Å². The number of rotatable bonds is 6. The number of hydrogen-bond acceptors (Lipinski definition) is 8. The van der Waals surface area contributed by atoms with Crippen molar-refractivity contribution < 1.29 is 9.53 Å². The maximum Gasteiger partial charge on any atom is 0.237 e. The molecule has 5 aromatic rings. The molecule has 0 bridgehead atoms. The van der Waals surface area contributed by atoms with Crippen LogP contribution in [-0.2, 0) is 4.79 Å². The van der Waals surface area contributed by atoms with Gasteiger partial charge in [0.15, 0.2) is 10.8 Å². The number of ether oxygens (including phenoxy) is 1. The molecule has 3 heterocycles. The molecule has 1 aliphatic carbocycles. The van der Waals surface area contributed by atoms with Gasteiger partial charge < -0.3 is 10.1 Å². The Morgan fingerprint density at radius 1 is 1.09 bits per heavy atom.